The zero-order chi connectivity index (χ0) is 25.1. The number of carbonyl (C=O) groups excluding carboxylic acids is 1. The second-order valence-corrected chi connectivity index (χ2v) is 8.56. The van der Waals surface area contributed by atoms with Gasteiger partial charge in [0.05, 0.1) is 16.7 Å². The number of nitrogens with one attached hydrogen (secondary N) is 2. The van der Waals surface area contributed by atoms with Crippen molar-refractivity contribution >= 4 is 34.6 Å². The summed E-state index contributed by atoms with van der Waals surface area (Å²) in [7, 11) is 0. The molecule has 0 spiro atoms. The number of nitrogens with zero attached hydrogens (tertiary/aromatic N) is 3. The molecule has 0 saturated carbocycles. The number of nitro groups is 1. The molecule has 0 bridgehead atoms. The van der Waals surface area contributed by atoms with Gasteiger partial charge in [-0.1, -0.05) is 24.3 Å². The fourth-order valence-corrected chi connectivity index (χ4v) is 4.48. The number of non-ortho nitro benzene ring substituents is 1. The topological polar surface area (TPSA) is 114 Å². The SMILES string of the molecule is O=C(CN1C(=S)N[C@H](c2ccccn2)[C@H]1c1ccc(-c2ccc([N+](=O)[O-])cc2)o1)Nc1ccccc1. The highest BCUT2D eigenvalue weighted by Gasteiger charge is 2.42. The highest BCUT2D eigenvalue weighted by Crippen LogP contribution is 2.40. The number of nitro benzene ring substituents is 1. The number of amides is 1. The minimum atomic E-state index is -0.446. The van der Waals surface area contributed by atoms with Crippen molar-refractivity contribution in [2.24, 2.45) is 0 Å². The molecule has 0 unspecified atom stereocenters. The Morgan fingerprint density at radius 2 is 1.81 bits per heavy atom. The molecule has 1 aliphatic heterocycles. The van der Waals surface area contributed by atoms with Crippen LogP contribution in [0.4, 0.5) is 11.4 Å². The van der Waals surface area contributed by atoms with Crippen LogP contribution in [0.5, 0.6) is 0 Å². The van der Waals surface area contributed by atoms with E-state index in [0.29, 0.717) is 27.9 Å². The number of para-hydroxylation sites is 1. The standard InChI is InChI=1S/C26H21N5O4S/c32-23(28-18-6-2-1-3-7-18)16-30-25(24(29-26(30)36)20-8-4-5-15-27-20)22-14-13-21(35-22)17-9-11-19(12-10-17)31(33)34/h1-15,24-25H,16H2,(H,28,32)(H,29,36)/t24-,25-/m1/s1. The van der Waals surface area contributed by atoms with Gasteiger partial charge in [-0.3, -0.25) is 19.9 Å². The lowest BCUT2D eigenvalue weighted by atomic mass is 10.0. The van der Waals surface area contributed by atoms with Gasteiger partial charge in [-0.2, -0.15) is 0 Å². The Labute approximate surface area is 211 Å². The van der Waals surface area contributed by atoms with Crippen LogP contribution in [0.1, 0.15) is 23.5 Å². The third-order valence-corrected chi connectivity index (χ3v) is 6.20. The summed E-state index contributed by atoms with van der Waals surface area (Å²) in [5.74, 6) is 0.907. The van der Waals surface area contributed by atoms with Gasteiger partial charge in [0.1, 0.15) is 24.1 Å². The fourth-order valence-electron chi connectivity index (χ4n) is 4.18. The van der Waals surface area contributed by atoms with Crippen LogP contribution in [0.2, 0.25) is 0 Å². The number of rotatable bonds is 7. The third-order valence-electron chi connectivity index (χ3n) is 5.85. The molecular weight excluding hydrogens is 478 g/mol. The lowest BCUT2D eigenvalue weighted by molar-refractivity contribution is -0.384. The molecule has 2 aromatic carbocycles. The van der Waals surface area contributed by atoms with E-state index in [1.54, 1.807) is 29.3 Å². The van der Waals surface area contributed by atoms with Crippen molar-refractivity contribution in [3.63, 3.8) is 0 Å². The summed E-state index contributed by atoms with van der Waals surface area (Å²) in [4.78, 5) is 29.7. The predicted octanol–water partition coefficient (Wildman–Crippen LogP) is 4.86. The molecule has 4 aromatic rings. The Kier molecular flexibility index (Phi) is 6.42. The van der Waals surface area contributed by atoms with Crippen LogP contribution in [0.25, 0.3) is 11.3 Å². The summed E-state index contributed by atoms with van der Waals surface area (Å²) in [6.45, 7) is 0.00227. The summed E-state index contributed by atoms with van der Waals surface area (Å²) in [6, 6.07) is 23.8. The highest BCUT2D eigenvalue weighted by molar-refractivity contribution is 7.80. The Morgan fingerprint density at radius 3 is 2.50 bits per heavy atom. The van der Waals surface area contributed by atoms with Gasteiger partial charge >= 0.3 is 0 Å². The highest BCUT2D eigenvalue weighted by atomic mass is 32.1. The van der Waals surface area contributed by atoms with Gasteiger partial charge in [-0.15, -0.1) is 0 Å². The largest absolute Gasteiger partial charge is 0.459 e. The van der Waals surface area contributed by atoms with E-state index in [1.807, 2.05) is 54.6 Å². The minimum Gasteiger partial charge on any atom is -0.459 e. The summed E-state index contributed by atoms with van der Waals surface area (Å²) in [6.07, 6.45) is 1.70. The van der Waals surface area contributed by atoms with Crippen molar-refractivity contribution < 1.29 is 14.1 Å². The molecule has 2 atom stereocenters. The Bertz CT molecular complexity index is 1390. The molecule has 180 valence electrons. The Hall–Kier alpha value is -4.57. The molecule has 1 amide bonds. The number of hydrogen-bond donors (Lipinski definition) is 2. The number of pyridine rings is 1. The van der Waals surface area contributed by atoms with Gasteiger partial charge in [0, 0.05) is 29.6 Å². The molecule has 0 radical (unpaired) electrons. The monoisotopic (exact) mass is 499 g/mol. The smallest absolute Gasteiger partial charge is 0.269 e. The van der Waals surface area contributed by atoms with Gasteiger partial charge < -0.3 is 20.0 Å². The van der Waals surface area contributed by atoms with Gasteiger partial charge in [-0.25, -0.2) is 0 Å². The van der Waals surface area contributed by atoms with Crippen molar-refractivity contribution in [3.05, 3.63) is 113 Å². The van der Waals surface area contributed by atoms with Crippen LogP contribution in [0.15, 0.2) is 95.5 Å². The van der Waals surface area contributed by atoms with E-state index in [1.165, 1.54) is 12.1 Å². The average molecular weight is 500 g/mol. The average Bonchev–Trinajstić information content (AvgIpc) is 3.50. The third kappa shape index (κ3) is 4.80. The lowest BCUT2D eigenvalue weighted by Gasteiger charge is -2.25. The van der Waals surface area contributed by atoms with E-state index in [9.17, 15) is 14.9 Å². The van der Waals surface area contributed by atoms with E-state index in [0.717, 1.165) is 5.69 Å². The first kappa shape index (κ1) is 23.2. The normalized spacial score (nSPS) is 17.0. The molecule has 2 N–H and O–H groups in total. The molecule has 3 heterocycles. The maximum atomic E-state index is 12.9. The number of anilines is 1. The molecule has 36 heavy (non-hydrogen) atoms. The van der Waals surface area contributed by atoms with Crippen LogP contribution in [0.3, 0.4) is 0 Å². The molecule has 1 fully saturated rings. The van der Waals surface area contributed by atoms with E-state index < -0.39 is 11.0 Å². The van der Waals surface area contributed by atoms with Gasteiger partial charge in [-0.05, 0) is 60.7 Å². The molecule has 5 rings (SSSR count). The molecule has 1 saturated heterocycles. The molecule has 0 aliphatic carbocycles. The summed E-state index contributed by atoms with van der Waals surface area (Å²) < 4.78 is 6.21. The maximum Gasteiger partial charge on any atom is 0.269 e. The molecular formula is C26H21N5O4S. The second-order valence-electron chi connectivity index (χ2n) is 8.17. The molecule has 2 aromatic heterocycles. The molecule has 9 nitrogen and oxygen atoms in total. The first-order chi connectivity index (χ1) is 17.5. The van der Waals surface area contributed by atoms with Crippen LogP contribution >= 0.6 is 12.2 Å². The van der Waals surface area contributed by atoms with Crippen LogP contribution in [-0.2, 0) is 4.79 Å². The van der Waals surface area contributed by atoms with Crippen molar-refractivity contribution in [1.29, 1.82) is 0 Å². The number of furan rings is 1. The number of hydrogen-bond acceptors (Lipinski definition) is 6. The quantitative estimate of drug-likeness (QED) is 0.211. The zero-order valence-corrected chi connectivity index (χ0v) is 19.7. The van der Waals surface area contributed by atoms with Crippen molar-refractivity contribution in [1.82, 2.24) is 15.2 Å². The first-order valence-corrected chi connectivity index (χ1v) is 11.6. The van der Waals surface area contributed by atoms with E-state index in [2.05, 4.69) is 15.6 Å². The van der Waals surface area contributed by atoms with Crippen molar-refractivity contribution in [3.8, 4) is 11.3 Å². The first-order valence-electron chi connectivity index (χ1n) is 11.2. The predicted molar refractivity (Wildman–Crippen MR) is 138 cm³/mol. The zero-order valence-electron chi connectivity index (χ0n) is 18.9. The number of thiocarbonyl (C=S) groups is 1. The summed E-state index contributed by atoms with van der Waals surface area (Å²) in [5.41, 5.74) is 2.14. The lowest BCUT2D eigenvalue weighted by Crippen LogP contribution is -2.36. The van der Waals surface area contributed by atoms with Crippen LogP contribution in [-0.4, -0.2) is 32.4 Å². The van der Waals surface area contributed by atoms with Crippen LogP contribution < -0.4 is 10.6 Å². The van der Waals surface area contributed by atoms with Gasteiger partial charge in [0.2, 0.25) is 5.91 Å². The number of benzene rings is 2. The summed E-state index contributed by atoms with van der Waals surface area (Å²) >= 11 is 5.62. The molecule has 1 aliphatic rings. The van der Waals surface area contributed by atoms with E-state index in [-0.39, 0.29) is 24.2 Å². The van der Waals surface area contributed by atoms with E-state index >= 15 is 0 Å². The Morgan fingerprint density at radius 1 is 1.06 bits per heavy atom. The van der Waals surface area contributed by atoms with E-state index in [4.69, 9.17) is 16.6 Å². The van der Waals surface area contributed by atoms with Gasteiger partial charge in [0.25, 0.3) is 5.69 Å². The number of carbonyl (C=O) groups is 1. The number of aromatic nitrogens is 1. The second kappa shape index (κ2) is 9.96. The van der Waals surface area contributed by atoms with Crippen molar-refractivity contribution in [2.75, 3.05) is 11.9 Å². The van der Waals surface area contributed by atoms with Crippen molar-refractivity contribution in [2.45, 2.75) is 12.1 Å². The summed E-state index contributed by atoms with van der Waals surface area (Å²) in [5, 5.41) is 17.6. The fraction of sp³-hybridized carbons (Fsp3) is 0.115. The minimum absolute atomic E-state index is 0.00157. The maximum absolute atomic E-state index is 12.9. The Balaban J connectivity index is 1.45. The molecule has 10 heteroatoms. The van der Waals surface area contributed by atoms with Crippen LogP contribution in [0, 0.1) is 10.1 Å². The van der Waals surface area contributed by atoms with Gasteiger partial charge in [0.15, 0.2) is 5.11 Å².